The highest BCUT2D eigenvalue weighted by Crippen LogP contribution is 2.19. The van der Waals surface area contributed by atoms with Gasteiger partial charge in [0.2, 0.25) is 5.91 Å². The summed E-state index contributed by atoms with van der Waals surface area (Å²) >= 11 is 0. The summed E-state index contributed by atoms with van der Waals surface area (Å²) in [7, 11) is 0. The molecule has 1 saturated heterocycles. The molecule has 0 aromatic heterocycles. The maximum atomic E-state index is 12.9. The highest BCUT2D eigenvalue weighted by molar-refractivity contribution is 5.82. The van der Waals surface area contributed by atoms with E-state index in [9.17, 15) is 4.79 Å². The number of amides is 1. The molecule has 1 heterocycles. The van der Waals surface area contributed by atoms with E-state index in [1.54, 1.807) is 0 Å². The van der Waals surface area contributed by atoms with E-state index >= 15 is 0 Å². The third-order valence-corrected chi connectivity index (χ3v) is 5.08. The van der Waals surface area contributed by atoms with E-state index in [0.29, 0.717) is 12.6 Å². The highest BCUT2D eigenvalue weighted by Gasteiger charge is 2.31. The topological polar surface area (TPSA) is 84.4 Å². The minimum absolute atomic E-state index is 0.176. The van der Waals surface area contributed by atoms with Crippen LogP contribution in [0.15, 0.2) is 30.3 Å². The fraction of sp³-hybridized carbons (Fsp3) is 0.650. The Morgan fingerprint density at radius 3 is 2.68 bits per heavy atom. The number of rotatable bonds is 10. The zero-order valence-electron chi connectivity index (χ0n) is 15.5. The first-order chi connectivity index (χ1) is 12.1. The Hall–Kier alpha value is -1.43. The first kappa shape index (κ1) is 19.9. The van der Waals surface area contributed by atoms with Crippen LogP contribution < -0.4 is 16.8 Å². The smallest absolute Gasteiger partial charge is 0.239 e. The van der Waals surface area contributed by atoms with E-state index in [-0.39, 0.29) is 18.1 Å². The van der Waals surface area contributed by atoms with E-state index in [0.717, 1.165) is 51.5 Å². The summed E-state index contributed by atoms with van der Waals surface area (Å²) in [5.74, 6) is 0.206. The molecule has 1 aromatic carbocycles. The molecule has 3 atom stereocenters. The number of nitrogens with two attached hydrogens (primary N) is 2. The lowest BCUT2D eigenvalue weighted by molar-refractivity contribution is -0.134. The molecular formula is C20H34N4O. The number of nitrogens with one attached hydrogen (secondary N) is 1. The maximum Gasteiger partial charge on any atom is 0.239 e. The van der Waals surface area contributed by atoms with E-state index in [4.69, 9.17) is 11.5 Å². The van der Waals surface area contributed by atoms with Crippen LogP contribution in [-0.4, -0.2) is 42.1 Å². The van der Waals surface area contributed by atoms with Crippen molar-refractivity contribution in [2.24, 2.45) is 11.5 Å². The number of unbranched alkanes of at least 4 members (excludes halogenated alkanes) is 1. The van der Waals surface area contributed by atoms with Gasteiger partial charge in [-0.2, -0.15) is 0 Å². The van der Waals surface area contributed by atoms with Crippen LogP contribution in [0.1, 0.15) is 51.0 Å². The van der Waals surface area contributed by atoms with Crippen LogP contribution in [0.3, 0.4) is 0 Å². The summed E-state index contributed by atoms with van der Waals surface area (Å²) < 4.78 is 0. The summed E-state index contributed by atoms with van der Waals surface area (Å²) in [4.78, 5) is 15.0. The second-order valence-corrected chi connectivity index (χ2v) is 7.16. The van der Waals surface area contributed by atoms with Crippen molar-refractivity contribution in [1.82, 2.24) is 10.2 Å². The number of likely N-dealkylation sites (tertiary alicyclic amines) is 1. The number of aryl methyl sites for hydroxylation is 1. The van der Waals surface area contributed by atoms with Gasteiger partial charge in [-0.1, -0.05) is 36.8 Å². The lowest BCUT2D eigenvalue weighted by Crippen LogP contribution is -2.53. The number of hydrogen-bond acceptors (Lipinski definition) is 4. The van der Waals surface area contributed by atoms with Crippen LogP contribution in [-0.2, 0) is 11.2 Å². The molecule has 1 aromatic rings. The van der Waals surface area contributed by atoms with Gasteiger partial charge in [0, 0.05) is 12.6 Å². The molecule has 5 nitrogen and oxygen atoms in total. The van der Waals surface area contributed by atoms with E-state index in [1.807, 2.05) is 23.1 Å². The Morgan fingerprint density at radius 2 is 2.04 bits per heavy atom. The van der Waals surface area contributed by atoms with Gasteiger partial charge in [-0.3, -0.25) is 10.1 Å². The molecule has 0 spiro atoms. The Labute approximate surface area is 152 Å². The number of benzene rings is 1. The molecule has 2 rings (SSSR count). The SMILES string of the molecule is CC1CCCN1C(=O)C(CCCCN)NC(N)CCc1ccccc1. The molecule has 1 aliphatic heterocycles. The third-order valence-electron chi connectivity index (χ3n) is 5.08. The average Bonchev–Trinajstić information content (AvgIpc) is 3.05. The first-order valence-electron chi connectivity index (χ1n) is 9.68. The number of carbonyl (C=O) groups is 1. The fourth-order valence-corrected chi connectivity index (χ4v) is 3.54. The largest absolute Gasteiger partial charge is 0.339 e. The molecule has 5 heteroatoms. The van der Waals surface area contributed by atoms with Gasteiger partial charge in [-0.25, -0.2) is 0 Å². The van der Waals surface area contributed by atoms with Crippen LogP contribution in [0, 0.1) is 0 Å². The van der Waals surface area contributed by atoms with E-state index < -0.39 is 0 Å². The van der Waals surface area contributed by atoms with Gasteiger partial charge in [0.1, 0.15) is 0 Å². The summed E-state index contributed by atoms with van der Waals surface area (Å²) in [5, 5.41) is 3.39. The van der Waals surface area contributed by atoms with Crippen LogP contribution in [0.4, 0.5) is 0 Å². The van der Waals surface area contributed by atoms with Crippen LogP contribution in [0.25, 0.3) is 0 Å². The van der Waals surface area contributed by atoms with Gasteiger partial charge < -0.3 is 16.4 Å². The van der Waals surface area contributed by atoms with Crippen LogP contribution in [0.5, 0.6) is 0 Å². The molecule has 0 radical (unpaired) electrons. The van der Waals surface area contributed by atoms with Crippen molar-refractivity contribution >= 4 is 5.91 Å². The van der Waals surface area contributed by atoms with Crippen molar-refractivity contribution in [2.45, 2.75) is 70.1 Å². The molecule has 3 unspecified atom stereocenters. The Morgan fingerprint density at radius 1 is 1.28 bits per heavy atom. The van der Waals surface area contributed by atoms with Crippen molar-refractivity contribution in [2.75, 3.05) is 13.1 Å². The fourth-order valence-electron chi connectivity index (χ4n) is 3.54. The minimum atomic E-state index is -0.196. The van der Waals surface area contributed by atoms with Gasteiger partial charge in [0.15, 0.2) is 0 Å². The average molecular weight is 347 g/mol. The van der Waals surface area contributed by atoms with Gasteiger partial charge in [0.25, 0.3) is 0 Å². The highest BCUT2D eigenvalue weighted by atomic mass is 16.2. The first-order valence-corrected chi connectivity index (χ1v) is 9.68. The monoisotopic (exact) mass is 346 g/mol. The standard InChI is InChI=1S/C20H34N4O/c1-16-8-7-15-24(16)20(25)18(11-5-6-14-21)23-19(22)13-12-17-9-3-2-4-10-17/h2-4,9-10,16,18-19,23H,5-8,11-15,21-22H2,1H3. The van der Waals surface area contributed by atoms with E-state index in [2.05, 4.69) is 24.4 Å². The molecule has 25 heavy (non-hydrogen) atoms. The lowest BCUT2D eigenvalue weighted by Gasteiger charge is -2.29. The van der Waals surface area contributed by atoms with Crippen molar-refractivity contribution in [3.05, 3.63) is 35.9 Å². The summed E-state index contributed by atoms with van der Waals surface area (Å²) in [6.07, 6.45) is 6.46. The molecule has 1 fully saturated rings. The molecule has 1 amide bonds. The minimum Gasteiger partial charge on any atom is -0.339 e. The van der Waals surface area contributed by atoms with Crippen molar-refractivity contribution in [3.8, 4) is 0 Å². The van der Waals surface area contributed by atoms with Gasteiger partial charge in [0.05, 0.1) is 12.2 Å². The Kier molecular flexibility index (Phi) is 8.38. The number of carbonyl (C=O) groups excluding carboxylic acids is 1. The molecule has 1 aliphatic rings. The Bertz CT molecular complexity index is 508. The molecule has 0 saturated carbocycles. The summed E-state index contributed by atoms with van der Waals surface area (Å²) in [6, 6.07) is 10.5. The van der Waals surface area contributed by atoms with Crippen LogP contribution >= 0.6 is 0 Å². The second-order valence-electron chi connectivity index (χ2n) is 7.16. The molecule has 5 N–H and O–H groups in total. The molecular weight excluding hydrogens is 312 g/mol. The zero-order chi connectivity index (χ0) is 18.1. The summed E-state index contributed by atoms with van der Waals surface area (Å²) in [6.45, 7) is 3.67. The maximum absolute atomic E-state index is 12.9. The molecule has 0 aliphatic carbocycles. The van der Waals surface area contributed by atoms with Crippen LogP contribution in [0.2, 0.25) is 0 Å². The summed E-state index contributed by atoms with van der Waals surface area (Å²) in [5.41, 5.74) is 13.2. The third kappa shape index (κ3) is 6.42. The predicted molar refractivity (Wildman–Crippen MR) is 103 cm³/mol. The van der Waals surface area contributed by atoms with Gasteiger partial charge in [-0.15, -0.1) is 0 Å². The second kappa shape index (κ2) is 10.5. The van der Waals surface area contributed by atoms with Gasteiger partial charge >= 0.3 is 0 Å². The Balaban J connectivity index is 1.88. The van der Waals surface area contributed by atoms with E-state index in [1.165, 1.54) is 5.56 Å². The van der Waals surface area contributed by atoms with Crippen molar-refractivity contribution < 1.29 is 4.79 Å². The zero-order valence-corrected chi connectivity index (χ0v) is 15.5. The molecule has 140 valence electrons. The number of hydrogen-bond donors (Lipinski definition) is 3. The normalized spacial score (nSPS) is 19.8. The number of nitrogens with zero attached hydrogens (tertiary/aromatic N) is 1. The molecule has 0 bridgehead atoms. The quantitative estimate of drug-likeness (QED) is 0.447. The lowest BCUT2D eigenvalue weighted by atomic mass is 10.1. The van der Waals surface area contributed by atoms with Gasteiger partial charge in [-0.05, 0) is 57.6 Å². The predicted octanol–water partition coefficient (Wildman–Crippen LogP) is 2.00. The van der Waals surface area contributed by atoms with Crippen molar-refractivity contribution in [1.29, 1.82) is 0 Å². The van der Waals surface area contributed by atoms with Crippen molar-refractivity contribution in [3.63, 3.8) is 0 Å².